The van der Waals surface area contributed by atoms with Crippen LogP contribution in [0.2, 0.25) is 5.02 Å². The molecule has 0 fully saturated rings. The molecule has 0 bridgehead atoms. The van der Waals surface area contributed by atoms with Gasteiger partial charge in [-0.2, -0.15) is 0 Å². The van der Waals surface area contributed by atoms with Crippen LogP contribution in [-0.4, -0.2) is 20.7 Å². The van der Waals surface area contributed by atoms with Gasteiger partial charge in [0, 0.05) is 20.7 Å². The van der Waals surface area contributed by atoms with Gasteiger partial charge in [-0.1, -0.05) is 45.7 Å². The van der Waals surface area contributed by atoms with Gasteiger partial charge in [-0.05, 0) is 61.0 Å². The van der Waals surface area contributed by atoms with Crippen LogP contribution >= 0.6 is 27.5 Å². The lowest BCUT2D eigenvalue weighted by molar-refractivity contribution is 0.101. The summed E-state index contributed by atoms with van der Waals surface area (Å²) in [5.74, 6) is -0.392. The number of aromatic nitrogens is 3. The van der Waals surface area contributed by atoms with Gasteiger partial charge in [0.1, 0.15) is 5.82 Å². The normalized spacial score (nSPS) is 10.8. The molecule has 0 radical (unpaired) electrons. The van der Waals surface area contributed by atoms with Gasteiger partial charge in [-0.25, -0.2) is 14.1 Å². The van der Waals surface area contributed by atoms with E-state index in [1.807, 2.05) is 37.3 Å². The molecule has 0 atom stereocenters. The number of carbonyl (C=O) groups is 1. The number of amides is 1. The Labute approximate surface area is 185 Å². The van der Waals surface area contributed by atoms with Crippen molar-refractivity contribution in [1.82, 2.24) is 14.8 Å². The lowest BCUT2D eigenvalue weighted by atomic mass is 10.2. The SMILES string of the molecule is Cc1ccc(Cl)cc1NC(=O)c1nc(-c2ccc(Br)cc2)n(-c2ccc(F)cc2)n1. The average molecular weight is 486 g/mol. The second kappa shape index (κ2) is 8.38. The summed E-state index contributed by atoms with van der Waals surface area (Å²) in [4.78, 5) is 17.3. The van der Waals surface area contributed by atoms with E-state index < -0.39 is 5.91 Å². The van der Waals surface area contributed by atoms with Crippen LogP contribution in [0.3, 0.4) is 0 Å². The zero-order chi connectivity index (χ0) is 21.3. The van der Waals surface area contributed by atoms with Gasteiger partial charge in [-0.3, -0.25) is 4.79 Å². The fourth-order valence-corrected chi connectivity index (χ4v) is 3.30. The highest BCUT2D eigenvalue weighted by molar-refractivity contribution is 9.10. The fourth-order valence-electron chi connectivity index (χ4n) is 2.86. The minimum absolute atomic E-state index is 0.0170. The third-order valence-corrected chi connectivity index (χ3v) is 5.20. The molecule has 8 heteroatoms. The molecule has 0 saturated carbocycles. The van der Waals surface area contributed by atoms with E-state index in [9.17, 15) is 9.18 Å². The Bertz CT molecular complexity index is 1160. The van der Waals surface area contributed by atoms with Crippen LogP contribution in [0.25, 0.3) is 17.1 Å². The molecule has 30 heavy (non-hydrogen) atoms. The first-order valence-electron chi connectivity index (χ1n) is 8.97. The molecular formula is C22H15BrClFN4O. The molecule has 1 amide bonds. The van der Waals surface area contributed by atoms with Gasteiger partial charge >= 0.3 is 0 Å². The summed E-state index contributed by atoms with van der Waals surface area (Å²) in [5.41, 5.74) is 2.78. The second-order valence-corrected chi connectivity index (χ2v) is 7.92. The number of benzene rings is 3. The average Bonchev–Trinajstić information content (AvgIpc) is 3.17. The molecule has 1 heterocycles. The largest absolute Gasteiger partial charge is 0.319 e. The molecule has 150 valence electrons. The van der Waals surface area contributed by atoms with Crippen molar-refractivity contribution in [2.75, 3.05) is 5.32 Å². The minimum Gasteiger partial charge on any atom is -0.319 e. The Kier molecular flexibility index (Phi) is 5.65. The van der Waals surface area contributed by atoms with Crippen molar-refractivity contribution in [3.05, 3.63) is 93.4 Å². The molecule has 0 unspecified atom stereocenters. The Hall–Kier alpha value is -3.03. The van der Waals surface area contributed by atoms with Crippen LogP contribution in [-0.2, 0) is 0 Å². The Morgan fingerprint density at radius 2 is 1.77 bits per heavy atom. The number of aryl methyl sites for hydroxylation is 1. The van der Waals surface area contributed by atoms with E-state index in [4.69, 9.17) is 11.6 Å². The molecule has 0 aliphatic heterocycles. The van der Waals surface area contributed by atoms with Crippen LogP contribution in [0, 0.1) is 12.7 Å². The summed E-state index contributed by atoms with van der Waals surface area (Å²) in [5, 5.41) is 7.69. The standard InChI is InChI=1S/C22H15BrClFN4O/c1-13-2-7-16(24)12-19(13)26-22(30)20-27-21(14-3-5-15(23)6-4-14)29(28-20)18-10-8-17(25)9-11-18/h2-12H,1H3,(H,26,30). The van der Waals surface area contributed by atoms with Crippen molar-refractivity contribution < 1.29 is 9.18 Å². The topological polar surface area (TPSA) is 59.8 Å². The number of carbonyl (C=O) groups excluding carboxylic acids is 1. The van der Waals surface area contributed by atoms with Crippen molar-refractivity contribution >= 4 is 39.1 Å². The van der Waals surface area contributed by atoms with Crippen molar-refractivity contribution in [2.45, 2.75) is 6.92 Å². The zero-order valence-corrected chi connectivity index (χ0v) is 18.1. The van der Waals surface area contributed by atoms with Gasteiger partial charge in [-0.15, -0.1) is 5.10 Å². The lowest BCUT2D eigenvalue weighted by Crippen LogP contribution is -2.15. The highest BCUT2D eigenvalue weighted by Crippen LogP contribution is 2.25. The summed E-state index contributed by atoms with van der Waals surface area (Å²) in [6, 6.07) is 18.5. The van der Waals surface area contributed by atoms with E-state index >= 15 is 0 Å². The molecule has 1 N–H and O–H groups in total. The van der Waals surface area contributed by atoms with Crippen molar-refractivity contribution in [3.8, 4) is 17.1 Å². The lowest BCUT2D eigenvalue weighted by Gasteiger charge is -2.07. The number of nitrogens with zero attached hydrogens (tertiary/aromatic N) is 3. The maximum atomic E-state index is 13.4. The molecule has 4 rings (SSSR count). The molecule has 5 nitrogen and oxygen atoms in total. The Morgan fingerprint density at radius 3 is 2.47 bits per heavy atom. The molecule has 3 aromatic carbocycles. The van der Waals surface area contributed by atoms with E-state index in [1.54, 1.807) is 24.3 Å². The molecule has 0 saturated heterocycles. The predicted octanol–water partition coefficient (Wildman–Crippen LogP) is 6.05. The van der Waals surface area contributed by atoms with Crippen molar-refractivity contribution in [2.24, 2.45) is 0 Å². The van der Waals surface area contributed by atoms with Crippen LogP contribution in [0.5, 0.6) is 0 Å². The summed E-state index contributed by atoms with van der Waals surface area (Å²) < 4.78 is 15.8. The number of rotatable bonds is 4. The number of halogens is 3. The van der Waals surface area contributed by atoms with Gasteiger partial charge in [0.05, 0.1) is 5.69 Å². The second-order valence-electron chi connectivity index (χ2n) is 6.57. The summed E-state index contributed by atoms with van der Waals surface area (Å²) >= 11 is 9.45. The van der Waals surface area contributed by atoms with E-state index in [2.05, 4.69) is 31.3 Å². The van der Waals surface area contributed by atoms with E-state index in [0.717, 1.165) is 15.6 Å². The van der Waals surface area contributed by atoms with Crippen LogP contribution in [0.4, 0.5) is 10.1 Å². The van der Waals surface area contributed by atoms with Gasteiger partial charge in [0.15, 0.2) is 5.82 Å². The summed E-state index contributed by atoms with van der Waals surface area (Å²) in [6.45, 7) is 1.86. The summed E-state index contributed by atoms with van der Waals surface area (Å²) in [7, 11) is 0. The third kappa shape index (κ3) is 4.27. The zero-order valence-electron chi connectivity index (χ0n) is 15.7. The van der Waals surface area contributed by atoms with E-state index in [-0.39, 0.29) is 11.6 Å². The summed E-state index contributed by atoms with van der Waals surface area (Å²) in [6.07, 6.45) is 0. The maximum Gasteiger partial charge on any atom is 0.295 e. The molecule has 0 spiro atoms. The predicted molar refractivity (Wildman–Crippen MR) is 119 cm³/mol. The van der Waals surface area contributed by atoms with E-state index in [1.165, 1.54) is 16.8 Å². The fraction of sp³-hybridized carbons (Fsp3) is 0.0455. The van der Waals surface area contributed by atoms with Crippen LogP contribution in [0.15, 0.2) is 71.2 Å². The first-order valence-corrected chi connectivity index (χ1v) is 10.1. The highest BCUT2D eigenvalue weighted by Gasteiger charge is 2.19. The van der Waals surface area contributed by atoms with Gasteiger partial charge < -0.3 is 5.32 Å². The number of anilines is 1. The van der Waals surface area contributed by atoms with Crippen LogP contribution < -0.4 is 5.32 Å². The van der Waals surface area contributed by atoms with Crippen LogP contribution in [0.1, 0.15) is 16.2 Å². The van der Waals surface area contributed by atoms with Gasteiger partial charge in [0.2, 0.25) is 5.82 Å². The third-order valence-electron chi connectivity index (χ3n) is 4.43. The smallest absolute Gasteiger partial charge is 0.295 e. The Balaban J connectivity index is 1.76. The van der Waals surface area contributed by atoms with Crippen molar-refractivity contribution in [1.29, 1.82) is 0 Å². The first-order chi connectivity index (χ1) is 14.4. The molecule has 1 aromatic heterocycles. The molecular weight excluding hydrogens is 471 g/mol. The maximum absolute atomic E-state index is 13.4. The Morgan fingerprint density at radius 1 is 1.07 bits per heavy atom. The first kappa shape index (κ1) is 20.3. The highest BCUT2D eigenvalue weighted by atomic mass is 79.9. The molecule has 0 aliphatic rings. The van der Waals surface area contributed by atoms with Gasteiger partial charge in [0.25, 0.3) is 5.91 Å². The van der Waals surface area contributed by atoms with E-state index in [0.29, 0.717) is 22.2 Å². The quantitative estimate of drug-likeness (QED) is 0.383. The molecule has 4 aromatic rings. The number of nitrogens with one attached hydrogen (secondary N) is 1. The minimum atomic E-state index is -0.473. The number of hydrogen-bond donors (Lipinski definition) is 1. The van der Waals surface area contributed by atoms with Crippen molar-refractivity contribution in [3.63, 3.8) is 0 Å². The number of hydrogen-bond acceptors (Lipinski definition) is 3. The monoisotopic (exact) mass is 484 g/mol. The molecule has 0 aliphatic carbocycles.